The third-order valence-electron chi connectivity index (χ3n) is 3.72. The summed E-state index contributed by atoms with van der Waals surface area (Å²) in [5.74, 6) is -0.425. The van der Waals surface area contributed by atoms with Gasteiger partial charge in [0.15, 0.2) is 0 Å². The van der Waals surface area contributed by atoms with Crippen LogP contribution in [0.4, 0.5) is 0 Å². The molecule has 17 heavy (non-hydrogen) atoms. The van der Waals surface area contributed by atoms with E-state index in [1.54, 1.807) is 11.4 Å². The zero-order valence-corrected chi connectivity index (χ0v) is 10.8. The van der Waals surface area contributed by atoms with E-state index in [9.17, 15) is 9.90 Å². The van der Waals surface area contributed by atoms with Crippen molar-refractivity contribution in [3.05, 3.63) is 21.9 Å². The second-order valence-electron chi connectivity index (χ2n) is 4.87. The molecule has 3 nitrogen and oxygen atoms in total. The lowest BCUT2D eigenvalue weighted by Crippen LogP contribution is -2.33. The molecule has 2 rings (SSSR count). The van der Waals surface area contributed by atoms with Crippen LogP contribution in [-0.2, 0) is 5.60 Å². The fraction of sp³-hybridized carbons (Fsp3) is 0.615. The number of carbonyl (C=O) groups is 1. The molecule has 0 bridgehead atoms. The van der Waals surface area contributed by atoms with Crippen LogP contribution in [0.15, 0.2) is 11.4 Å². The summed E-state index contributed by atoms with van der Waals surface area (Å²) in [4.78, 5) is 11.8. The van der Waals surface area contributed by atoms with Gasteiger partial charge in [-0.1, -0.05) is 19.8 Å². The molecular formula is C13H18O3S. The molecule has 1 heterocycles. The number of hydrogen-bond donors (Lipinski definition) is 2. The van der Waals surface area contributed by atoms with Crippen molar-refractivity contribution in [1.29, 1.82) is 0 Å². The summed E-state index contributed by atoms with van der Waals surface area (Å²) in [5.41, 5.74) is -0.643. The quantitative estimate of drug-likeness (QED) is 0.870. The largest absolute Gasteiger partial charge is 0.478 e. The van der Waals surface area contributed by atoms with Crippen molar-refractivity contribution in [2.45, 2.75) is 44.6 Å². The lowest BCUT2D eigenvalue weighted by atomic mass is 9.75. The first-order chi connectivity index (χ1) is 8.07. The maximum atomic E-state index is 11.1. The van der Waals surface area contributed by atoms with Crippen LogP contribution in [0.1, 0.15) is 54.3 Å². The van der Waals surface area contributed by atoms with E-state index >= 15 is 0 Å². The maximum absolute atomic E-state index is 11.1. The van der Waals surface area contributed by atoms with Crippen LogP contribution in [0, 0.1) is 5.92 Å². The number of aliphatic hydroxyl groups is 1. The Morgan fingerprint density at radius 3 is 3.06 bits per heavy atom. The van der Waals surface area contributed by atoms with Gasteiger partial charge in [-0.3, -0.25) is 0 Å². The van der Waals surface area contributed by atoms with E-state index in [2.05, 4.69) is 6.92 Å². The molecule has 1 saturated carbocycles. The van der Waals surface area contributed by atoms with E-state index in [-0.39, 0.29) is 5.56 Å². The lowest BCUT2D eigenvalue weighted by Gasteiger charge is -2.36. The molecule has 0 amide bonds. The first-order valence-corrected chi connectivity index (χ1v) is 6.98. The van der Waals surface area contributed by atoms with Crippen molar-refractivity contribution in [3.63, 3.8) is 0 Å². The molecule has 0 aliphatic heterocycles. The van der Waals surface area contributed by atoms with Gasteiger partial charge in [0.05, 0.1) is 16.0 Å². The highest BCUT2D eigenvalue weighted by Gasteiger charge is 2.38. The van der Waals surface area contributed by atoms with Crippen molar-refractivity contribution in [1.82, 2.24) is 0 Å². The average molecular weight is 254 g/mol. The highest BCUT2D eigenvalue weighted by molar-refractivity contribution is 7.10. The molecule has 0 radical (unpaired) electrons. The average Bonchev–Trinajstić information content (AvgIpc) is 2.78. The Morgan fingerprint density at radius 2 is 2.41 bits per heavy atom. The van der Waals surface area contributed by atoms with Crippen molar-refractivity contribution in [2.75, 3.05) is 0 Å². The molecule has 1 aromatic heterocycles. The molecule has 1 aliphatic carbocycles. The van der Waals surface area contributed by atoms with Crippen LogP contribution in [0.25, 0.3) is 0 Å². The van der Waals surface area contributed by atoms with Crippen molar-refractivity contribution in [3.8, 4) is 0 Å². The Morgan fingerprint density at radius 1 is 1.65 bits per heavy atom. The van der Waals surface area contributed by atoms with Gasteiger partial charge in [-0.15, -0.1) is 11.3 Å². The molecule has 0 saturated heterocycles. The fourth-order valence-corrected chi connectivity index (χ4v) is 3.78. The smallest absolute Gasteiger partial charge is 0.336 e. The Kier molecular flexibility index (Phi) is 3.54. The molecule has 1 aromatic rings. The standard InChI is InChI=1S/C13H18O3S/c1-2-9-4-3-6-13(16,8-9)11-10(12(14)15)5-7-17-11/h5,7,9,16H,2-4,6,8H2,1H3,(H,14,15). The highest BCUT2D eigenvalue weighted by atomic mass is 32.1. The first-order valence-electron chi connectivity index (χ1n) is 6.10. The van der Waals surface area contributed by atoms with Gasteiger partial charge in [0.25, 0.3) is 0 Å². The molecule has 94 valence electrons. The summed E-state index contributed by atoms with van der Waals surface area (Å²) in [7, 11) is 0. The van der Waals surface area contributed by atoms with E-state index in [0.29, 0.717) is 23.6 Å². The monoisotopic (exact) mass is 254 g/mol. The van der Waals surface area contributed by atoms with Crippen molar-refractivity contribution >= 4 is 17.3 Å². The number of carboxylic acids is 1. The number of carboxylic acid groups (broad SMARTS) is 1. The van der Waals surface area contributed by atoms with Gasteiger partial charge in [-0.2, -0.15) is 0 Å². The molecule has 1 fully saturated rings. The van der Waals surface area contributed by atoms with Crippen molar-refractivity contribution in [2.24, 2.45) is 5.92 Å². The lowest BCUT2D eigenvalue weighted by molar-refractivity contribution is -0.0194. The third kappa shape index (κ3) is 2.38. The van der Waals surface area contributed by atoms with Gasteiger partial charge < -0.3 is 10.2 Å². The summed E-state index contributed by atoms with van der Waals surface area (Å²) in [6.07, 6.45) is 4.56. The Hall–Kier alpha value is -0.870. The topological polar surface area (TPSA) is 57.5 Å². The van der Waals surface area contributed by atoms with Gasteiger partial charge in [0.1, 0.15) is 0 Å². The number of aromatic carboxylic acids is 1. The van der Waals surface area contributed by atoms with Crippen LogP contribution in [-0.4, -0.2) is 16.2 Å². The zero-order valence-electron chi connectivity index (χ0n) is 9.98. The fourth-order valence-electron chi connectivity index (χ4n) is 2.76. The van der Waals surface area contributed by atoms with Crippen molar-refractivity contribution < 1.29 is 15.0 Å². The van der Waals surface area contributed by atoms with E-state index < -0.39 is 11.6 Å². The second-order valence-corrected chi connectivity index (χ2v) is 5.79. The summed E-state index contributed by atoms with van der Waals surface area (Å²) in [6, 6.07) is 1.59. The van der Waals surface area contributed by atoms with E-state index in [1.807, 2.05) is 0 Å². The van der Waals surface area contributed by atoms with Crippen LogP contribution in [0.2, 0.25) is 0 Å². The van der Waals surface area contributed by atoms with Gasteiger partial charge in [-0.25, -0.2) is 4.79 Å². The summed E-state index contributed by atoms with van der Waals surface area (Å²) < 4.78 is 0. The molecule has 2 N–H and O–H groups in total. The molecular weight excluding hydrogens is 236 g/mol. The summed E-state index contributed by atoms with van der Waals surface area (Å²) in [6.45, 7) is 2.13. The van der Waals surface area contributed by atoms with Crippen LogP contribution in [0.3, 0.4) is 0 Å². The number of thiophene rings is 1. The van der Waals surface area contributed by atoms with Gasteiger partial charge in [0, 0.05) is 0 Å². The predicted molar refractivity (Wildman–Crippen MR) is 67.4 cm³/mol. The Balaban J connectivity index is 2.30. The summed E-state index contributed by atoms with van der Waals surface area (Å²) in [5, 5.41) is 21.6. The molecule has 2 unspecified atom stereocenters. The van der Waals surface area contributed by atoms with Crippen LogP contribution >= 0.6 is 11.3 Å². The second kappa shape index (κ2) is 4.78. The molecule has 2 atom stereocenters. The SMILES string of the molecule is CCC1CCCC(O)(c2sccc2C(=O)O)C1. The predicted octanol–water partition coefficient (Wildman–Crippen LogP) is 3.23. The van der Waals surface area contributed by atoms with Gasteiger partial charge in [-0.05, 0) is 36.6 Å². The van der Waals surface area contributed by atoms with Gasteiger partial charge >= 0.3 is 5.97 Å². The Labute approximate surface area is 105 Å². The van der Waals surface area contributed by atoms with E-state index in [0.717, 1.165) is 19.3 Å². The molecule has 4 heteroatoms. The first kappa shape index (κ1) is 12.6. The van der Waals surface area contributed by atoms with E-state index in [1.165, 1.54) is 11.3 Å². The Bertz CT molecular complexity index is 413. The number of hydrogen-bond acceptors (Lipinski definition) is 3. The summed E-state index contributed by atoms with van der Waals surface area (Å²) >= 11 is 1.36. The normalized spacial score (nSPS) is 29.2. The van der Waals surface area contributed by atoms with Crippen LogP contribution in [0.5, 0.6) is 0 Å². The van der Waals surface area contributed by atoms with Gasteiger partial charge in [0.2, 0.25) is 0 Å². The van der Waals surface area contributed by atoms with Crippen LogP contribution < -0.4 is 0 Å². The minimum Gasteiger partial charge on any atom is -0.478 e. The zero-order chi connectivity index (χ0) is 12.5. The highest BCUT2D eigenvalue weighted by Crippen LogP contribution is 2.44. The van der Waals surface area contributed by atoms with E-state index in [4.69, 9.17) is 5.11 Å². The minimum atomic E-state index is -0.937. The maximum Gasteiger partial charge on any atom is 0.336 e. The third-order valence-corrected chi connectivity index (χ3v) is 4.83. The molecule has 0 aromatic carbocycles. The number of rotatable bonds is 3. The molecule has 0 spiro atoms. The minimum absolute atomic E-state index is 0.272. The molecule has 1 aliphatic rings.